The minimum atomic E-state index is -0.581. The third kappa shape index (κ3) is 23.7. The molecular weight excluding hydrogens is 423 g/mol. The first-order valence-electron chi connectivity index (χ1n) is 9.40. The quantitative estimate of drug-likeness (QED) is 0.159. The molecule has 22 heavy (non-hydrogen) atoms. The third-order valence-corrected chi connectivity index (χ3v) is 4.48. The fraction of sp³-hybridized carbons (Fsp3) is 1.00. The second-order valence-electron chi connectivity index (χ2n) is 6.24. The molecule has 0 aliphatic rings. The second kappa shape index (κ2) is 24.7. The normalized spacial score (nSPS) is 10.8. The number of hydrogen-bond acceptors (Lipinski definition) is 2. The average molecular weight is 462 g/mol. The van der Waals surface area contributed by atoms with Gasteiger partial charge in [-0.2, -0.15) is 0 Å². The van der Waals surface area contributed by atoms with E-state index in [2.05, 4.69) is 6.92 Å². The van der Waals surface area contributed by atoms with Crippen molar-refractivity contribution < 1.29 is 49.9 Å². The Hall–Kier alpha value is 1.41. The predicted molar refractivity (Wildman–Crippen MR) is 94.5 cm³/mol. The molecule has 4 heteroatoms. The standard InChI is InChI=1S/C18H38O2P.Nd/c1-2-3-4-5-6-7-8-9-10-11-12-13-14-15-16-17-18-20-21-19;/h21H,2-18H2,1H3;/q+1;. The monoisotopic (exact) mass is 459 g/mol. The zero-order valence-corrected chi connectivity index (χ0v) is 19.0. The largest absolute Gasteiger partial charge is 0.494 e. The number of hydrogen-bond donors (Lipinski definition) is 0. The van der Waals surface area contributed by atoms with Gasteiger partial charge in [0.15, 0.2) is 0 Å². The molecule has 130 valence electrons. The molecule has 0 saturated heterocycles. The molecule has 0 spiro atoms. The van der Waals surface area contributed by atoms with Gasteiger partial charge in [-0.15, -0.1) is 4.52 Å². The van der Waals surface area contributed by atoms with Crippen LogP contribution in [0, 0.1) is 40.8 Å². The summed E-state index contributed by atoms with van der Waals surface area (Å²) in [5.74, 6) is 0. The van der Waals surface area contributed by atoms with E-state index in [9.17, 15) is 4.57 Å². The van der Waals surface area contributed by atoms with Crippen LogP contribution in [0.2, 0.25) is 0 Å². The van der Waals surface area contributed by atoms with Crippen molar-refractivity contribution in [1.82, 2.24) is 0 Å². The summed E-state index contributed by atoms with van der Waals surface area (Å²) in [7, 11) is -0.581. The van der Waals surface area contributed by atoms with Crippen molar-refractivity contribution in [2.45, 2.75) is 110 Å². The Bertz CT molecular complexity index is 204. The zero-order chi connectivity index (χ0) is 15.4. The van der Waals surface area contributed by atoms with Gasteiger partial charge >= 0.3 is 8.69 Å². The molecule has 0 aliphatic heterocycles. The summed E-state index contributed by atoms with van der Waals surface area (Å²) in [6, 6.07) is 0. The van der Waals surface area contributed by atoms with Crippen molar-refractivity contribution in [3.63, 3.8) is 0 Å². The second-order valence-corrected chi connectivity index (χ2v) is 6.69. The topological polar surface area (TPSA) is 26.3 Å². The van der Waals surface area contributed by atoms with E-state index >= 15 is 0 Å². The van der Waals surface area contributed by atoms with Gasteiger partial charge in [-0.3, -0.25) is 0 Å². The van der Waals surface area contributed by atoms with Gasteiger partial charge in [0, 0.05) is 40.8 Å². The molecule has 0 radical (unpaired) electrons. The maximum Gasteiger partial charge on any atom is 0.494 e. The SMILES string of the molecule is CCCCCCCCCCCCCCCCCCO[PH+]=O.[Nd]. The van der Waals surface area contributed by atoms with E-state index in [-0.39, 0.29) is 40.8 Å². The maximum absolute atomic E-state index is 10.1. The molecule has 2 nitrogen and oxygen atoms in total. The molecule has 0 aromatic carbocycles. The van der Waals surface area contributed by atoms with E-state index in [0.29, 0.717) is 6.61 Å². The minimum absolute atomic E-state index is 0. The first kappa shape index (κ1) is 25.6. The maximum atomic E-state index is 10.1. The van der Waals surface area contributed by atoms with Crippen molar-refractivity contribution in [3.05, 3.63) is 0 Å². The Morgan fingerprint density at radius 2 is 0.909 bits per heavy atom. The number of rotatable bonds is 18. The fourth-order valence-corrected chi connectivity index (χ4v) is 2.99. The predicted octanol–water partition coefficient (Wildman–Crippen LogP) is 7.20. The van der Waals surface area contributed by atoms with Crippen LogP contribution < -0.4 is 0 Å². The summed E-state index contributed by atoms with van der Waals surface area (Å²) in [6.45, 7) is 2.95. The van der Waals surface area contributed by atoms with Gasteiger partial charge in [0.2, 0.25) is 0 Å². The van der Waals surface area contributed by atoms with E-state index in [4.69, 9.17) is 4.52 Å². The van der Waals surface area contributed by atoms with Gasteiger partial charge in [-0.25, -0.2) is 0 Å². The van der Waals surface area contributed by atoms with E-state index in [0.717, 1.165) is 6.42 Å². The molecule has 0 rings (SSSR count). The Balaban J connectivity index is 0. The van der Waals surface area contributed by atoms with Crippen molar-refractivity contribution in [2.75, 3.05) is 6.61 Å². The van der Waals surface area contributed by atoms with Gasteiger partial charge in [0.25, 0.3) is 0 Å². The van der Waals surface area contributed by atoms with Crippen LogP contribution in [0.4, 0.5) is 0 Å². The number of unbranched alkanes of at least 4 members (excludes halogenated alkanes) is 15. The summed E-state index contributed by atoms with van der Waals surface area (Å²) >= 11 is 0. The molecular formula is C18H38NdO2P+. The van der Waals surface area contributed by atoms with Gasteiger partial charge in [-0.1, -0.05) is 103 Å². The van der Waals surface area contributed by atoms with Crippen molar-refractivity contribution in [1.29, 1.82) is 0 Å². The molecule has 1 unspecified atom stereocenters. The van der Waals surface area contributed by atoms with E-state index in [1.807, 2.05) is 0 Å². The van der Waals surface area contributed by atoms with Crippen LogP contribution in [-0.4, -0.2) is 6.61 Å². The molecule has 0 N–H and O–H groups in total. The first-order chi connectivity index (χ1) is 10.4. The Labute approximate surface area is 173 Å². The molecule has 0 aromatic heterocycles. The molecule has 0 fully saturated rings. The molecule has 1 atom stereocenters. The average Bonchev–Trinajstić information content (AvgIpc) is 2.50. The van der Waals surface area contributed by atoms with Crippen molar-refractivity contribution >= 4 is 8.69 Å². The summed E-state index contributed by atoms with van der Waals surface area (Å²) in [5, 5.41) is 0. The Morgan fingerprint density at radius 1 is 0.591 bits per heavy atom. The van der Waals surface area contributed by atoms with E-state index in [1.54, 1.807) is 0 Å². The van der Waals surface area contributed by atoms with Crippen LogP contribution in [0.3, 0.4) is 0 Å². The minimum Gasteiger partial charge on any atom is -0.148 e. The van der Waals surface area contributed by atoms with Gasteiger partial charge in [-0.05, 0) is 11.0 Å². The van der Waals surface area contributed by atoms with Crippen LogP contribution >= 0.6 is 8.69 Å². The zero-order valence-electron chi connectivity index (χ0n) is 14.8. The Morgan fingerprint density at radius 3 is 1.23 bits per heavy atom. The van der Waals surface area contributed by atoms with E-state index < -0.39 is 8.69 Å². The molecule has 0 heterocycles. The van der Waals surface area contributed by atoms with Crippen LogP contribution in [0.1, 0.15) is 110 Å². The van der Waals surface area contributed by atoms with Crippen LogP contribution in [0.5, 0.6) is 0 Å². The van der Waals surface area contributed by atoms with Crippen molar-refractivity contribution in [2.24, 2.45) is 0 Å². The summed E-state index contributed by atoms with van der Waals surface area (Å²) in [5.41, 5.74) is 0. The van der Waals surface area contributed by atoms with Gasteiger partial charge in [0.1, 0.15) is 6.61 Å². The Kier molecular flexibility index (Phi) is 28.8. The van der Waals surface area contributed by atoms with Crippen molar-refractivity contribution in [3.8, 4) is 0 Å². The first-order valence-corrected chi connectivity index (χ1v) is 10.2. The smallest absolute Gasteiger partial charge is 0.148 e. The summed E-state index contributed by atoms with van der Waals surface area (Å²) in [4.78, 5) is 0. The summed E-state index contributed by atoms with van der Waals surface area (Å²) in [6.07, 6.45) is 22.1. The van der Waals surface area contributed by atoms with Crippen LogP contribution in [-0.2, 0) is 9.09 Å². The van der Waals surface area contributed by atoms with Crippen LogP contribution in [0.25, 0.3) is 0 Å². The third-order valence-electron chi connectivity index (χ3n) is 4.16. The van der Waals surface area contributed by atoms with Crippen LogP contribution in [0.15, 0.2) is 0 Å². The molecule has 0 aliphatic carbocycles. The summed E-state index contributed by atoms with van der Waals surface area (Å²) < 4.78 is 14.9. The molecule has 0 amide bonds. The molecule has 0 bridgehead atoms. The molecule has 0 aromatic rings. The van der Waals surface area contributed by atoms with E-state index in [1.165, 1.54) is 96.3 Å². The van der Waals surface area contributed by atoms with Gasteiger partial charge in [0.05, 0.1) is 0 Å². The van der Waals surface area contributed by atoms with Gasteiger partial charge < -0.3 is 0 Å². The molecule has 0 saturated carbocycles. The fourth-order valence-electron chi connectivity index (χ4n) is 2.76.